The number of thioether (sulfide) groups is 1. The van der Waals surface area contributed by atoms with Crippen molar-refractivity contribution in [3.05, 3.63) is 65.7 Å². The molecule has 21 N–H and O–H groups in total. The highest BCUT2D eigenvalue weighted by Gasteiger charge is 2.38. The number of phenols is 1. The fraction of sp³-hybridized carbons (Fsp3) is 0.593. The van der Waals surface area contributed by atoms with E-state index in [1.165, 1.54) is 43.0 Å². The van der Waals surface area contributed by atoms with Crippen molar-refractivity contribution in [1.29, 1.82) is 0 Å². The van der Waals surface area contributed by atoms with Gasteiger partial charge in [0.15, 0.2) is 0 Å². The van der Waals surface area contributed by atoms with Crippen LogP contribution in [0.2, 0.25) is 0 Å². The summed E-state index contributed by atoms with van der Waals surface area (Å²) in [5, 5.41) is 75.7. The van der Waals surface area contributed by atoms with Crippen molar-refractivity contribution < 1.29 is 83.1 Å². The van der Waals surface area contributed by atoms with Gasteiger partial charge in [-0.3, -0.25) is 52.7 Å². The van der Waals surface area contributed by atoms with E-state index in [9.17, 15) is 83.1 Å². The molecule has 0 unspecified atom stereocenters. The van der Waals surface area contributed by atoms with E-state index in [1.54, 1.807) is 64.3 Å². The maximum Gasteiger partial charge on any atom is 0.326 e. The molecule has 13 atom stereocenters. The molecule has 0 spiro atoms. The maximum absolute atomic E-state index is 14.8. The number of rotatable bonds is 42. The average Bonchev–Trinajstić information content (AvgIpc) is 1.27. The Labute approximate surface area is 527 Å². The van der Waals surface area contributed by atoms with Crippen LogP contribution in [-0.2, 0) is 70.4 Å². The summed E-state index contributed by atoms with van der Waals surface area (Å²) in [7, 11) is 0. The third kappa shape index (κ3) is 27.8. The zero-order valence-corrected chi connectivity index (χ0v) is 52.8. The number of phenolic OH excluding ortho intramolecular Hbond substituents is 1. The second-order valence-corrected chi connectivity index (χ2v) is 23.3. The number of nitrogens with one attached hydrogen (secondary N) is 10. The number of aliphatic hydroxyl groups excluding tert-OH is 3. The van der Waals surface area contributed by atoms with Crippen molar-refractivity contribution in [3.63, 3.8) is 0 Å². The average molecular weight is 1290 g/mol. The van der Waals surface area contributed by atoms with Crippen molar-refractivity contribution in [2.75, 3.05) is 31.8 Å². The van der Waals surface area contributed by atoms with Gasteiger partial charge in [-0.2, -0.15) is 11.8 Å². The Morgan fingerprint density at radius 1 is 0.511 bits per heavy atom. The number of unbranched alkanes of at least 4 members (excludes halogenated alkanes) is 1. The minimum Gasteiger partial charge on any atom is -0.508 e. The Hall–Kier alpha value is -7.97. The standard InChI is InChI=1S/C59H93N13O17S/c1-8-32(4)47(71-49(78)33(5)61)57(86)70-45(30-74)56(85)72-48(34(6)75)58(87)65-38(16-12-13-24-60)50(79)66-42(28-36-17-19-37(76)20-18-36)54(83)67-41(27-35-14-10-9-11-15-35)53(82)63-39(21-22-46(62)77)51(80)64-40(23-25-90-7)52(81)69-44(29-73)55(84)68-43(59(88)89)26-31(2)3/h9-11,14-15,17-20,31-34,38-45,47-48,73-76H,8,12-13,16,21-30,60-61H2,1-7H3,(H2,62,77)(H,63,82)(H,64,80)(H,65,87)(H,66,79)(H,67,83)(H,68,84)(H,69,81)(H,70,86)(H,71,78)(H,72,85)(H,88,89)/t32-,33-,34+,38-,39-,40-,41-,42-,43-,44-,45-,47-,48-/m0/s1. The first kappa shape index (κ1) is 78.1. The van der Waals surface area contributed by atoms with Gasteiger partial charge in [0.05, 0.1) is 25.4 Å². The molecule has 0 fully saturated rings. The lowest BCUT2D eigenvalue weighted by molar-refractivity contribution is -0.143. The molecule has 0 saturated carbocycles. The molecular weight excluding hydrogens is 1190 g/mol. The van der Waals surface area contributed by atoms with Gasteiger partial charge in [-0.15, -0.1) is 0 Å². The summed E-state index contributed by atoms with van der Waals surface area (Å²) in [5.41, 5.74) is 17.8. The molecule has 0 aliphatic rings. The molecule has 0 aromatic heterocycles. The summed E-state index contributed by atoms with van der Waals surface area (Å²) < 4.78 is 0. The molecule has 0 heterocycles. The lowest BCUT2D eigenvalue weighted by Crippen LogP contribution is -2.63. The summed E-state index contributed by atoms with van der Waals surface area (Å²) in [6.07, 6.45) is -0.642. The molecule has 0 aliphatic carbocycles. The second-order valence-electron chi connectivity index (χ2n) is 22.3. The highest BCUT2D eigenvalue weighted by Crippen LogP contribution is 2.15. The zero-order valence-electron chi connectivity index (χ0n) is 52.0. The number of carboxylic acid groups (broad SMARTS) is 1. The molecule has 31 heteroatoms. The van der Waals surface area contributed by atoms with Gasteiger partial charge in [0.25, 0.3) is 0 Å². The topological polar surface area (TPSA) is 504 Å². The fourth-order valence-corrected chi connectivity index (χ4v) is 9.31. The third-order valence-electron chi connectivity index (χ3n) is 14.3. The maximum atomic E-state index is 14.8. The van der Waals surface area contributed by atoms with E-state index in [4.69, 9.17) is 17.2 Å². The van der Waals surface area contributed by atoms with Crippen LogP contribution in [0.5, 0.6) is 5.75 Å². The van der Waals surface area contributed by atoms with Crippen molar-refractivity contribution in [2.24, 2.45) is 29.0 Å². The Kier molecular flexibility index (Phi) is 35.3. The van der Waals surface area contributed by atoms with Gasteiger partial charge in [-0.05, 0) is 106 Å². The number of benzene rings is 2. The quantitative estimate of drug-likeness (QED) is 0.0282. The van der Waals surface area contributed by atoms with E-state index in [1.807, 2.05) is 0 Å². The Bertz CT molecular complexity index is 2690. The lowest BCUT2D eigenvalue weighted by Gasteiger charge is -2.29. The van der Waals surface area contributed by atoms with Crippen LogP contribution in [0.3, 0.4) is 0 Å². The largest absolute Gasteiger partial charge is 0.508 e. The Morgan fingerprint density at radius 3 is 1.38 bits per heavy atom. The lowest BCUT2D eigenvalue weighted by atomic mass is 9.97. The number of aromatic hydroxyl groups is 1. The summed E-state index contributed by atoms with van der Waals surface area (Å²) in [4.78, 5) is 163. The van der Waals surface area contributed by atoms with E-state index in [0.29, 0.717) is 24.0 Å². The Balaban J connectivity index is 2.59. The molecule has 90 heavy (non-hydrogen) atoms. The smallest absolute Gasteiger partial charge is 0.326 e. The van der Waals surface area contributed by atoms with Gasteiger partial charge in [-0.25, -0.2) is 4.79 Å². The minimum absolute atomic E-state index is 0.0305. The van der Waals surface area contributed by atoms with Crippen LogP contribution in [0, 0.1) is 11.8 Å². The first-order chi connectivity index (χ1) is 42.5. The number of aliphatic carboxylic acids is 1. The van der Waals surface area contributed by atoms with Crippen molar-refractivity contribution in [2.45, 2.75) is 178 Å². The van der Waals surface area contributed by atoms with E-state index in [-0.39, 0.29) is 62.5 Å². The molecule has 502 valence electrons. The normalized spacial score (nSPS) is 15.5. The molecule has 0 aliphatic heterocycles. The fourth-order valence-electron chi connectivity index (χ4n) is 8.84. The number of carbonyl (C=O) groups is 12. The van der Waals surface area contributed by atoms with Gasteiger partial charge in [0.2, 0.25) is 65.0 Å². The highest BCUT2D eigenvalue weighted by molar-refractivity contribution is 7.98. The van der Waals surface area contributed by atoms with Gasteiger partial charge >= 0.3 is 5.97 Å². The summed E-state index contributed by atoms with van der Waals surface area (Å²) >= 11 is 1.28. The number of hydrogen-bond acceptors (Lipinski definition) is 19. The number of primary amides is 1. The monoisotopic (exact) mass is 1290 g/mol. The van der Waals surface area contributed by atoms with Gasteiger partial charge in [0.1, 0.15) is 66.2 Å². The van der Waals surface area contributed by atoms with Gasteiger partial charge in [-0.1, -0.05) is 76.6 Å². The van der Waals surface area contributed by atoms with E-state index < -0.39 is 175 Å². The number of nitrogens with two attached hydrogens (primary N) is 3. The predicted molar refractivity (Wildman–Crippen MR) is 332 cm³/mol. The number of amides is 11. The number of hydrogen-bond donors (Lipinski definition) is 18. The van der Waals surface area contributed by atoms with Crippen LogP contribution in [0.4, 0.5) is 0 Å². The Morgan fingerprint density at radius 2 is 0.922 bits per heavy atom. The first-order valence-corrected chi connectivity index (χ1v) is 31.1. The molecule has 11 amide bonds. The van der Waals surface area contributed by atoms with Crippen LogP contribution < -0.4 is 70.4 Å². The summed E-state index contributed by atoms with van der Waals surface area (Å²) in [6, 6.07) is -2.73. The molecule has 0 saturated heterocycles. The molecule has 2 aromatic rings. The zero-order chi connectivity index (χ0) is 67.8. The van der Waals surface area contributed by atoms with Gasteiger partial charge in [0, 0.05) is 19.3 Å². The van der Waals surface area contributed by atoms with Crippen molar-refractivity contribution in [3.8, 4) is 5.75 Å². The predicted octanol–water partition coefficient (Wildman–Crippen LogP) is -3.94. The molecule has 0 bridgehead atoms. The number of carboxylic acids is 1. The molecule has 30 nitrogen and oxygen atoms in total. The molecule has 0 radical (unpaired) electrons. The summed E-state index contributed by atoms with van der Waals surface area (Å²) in [5.74, 6) is -12.5. The summed E-state index contributed by atoms with van der Waals surface area (Å²) in [6.45, 7) is 7.62. The van der Waals surface area contributed by atoms with Crippen LogP contribution in [-0.4, -0.2) is 201 Å². The van der Waals surface area contributed by atoms with Gasteiger partial charge < -0.3 is 95.9 Å². The second kappa shape index (κ2) is 40.6. The van der Waals surface area contributed by atoms with Crippen molar-refractivity contribution in [1.82, 2.24) is 53.2 Å². The van der Waals surface area contributed by atoms with Crippen LogP contribution in [0.25, 0.3) is 0 Å². The van der Waals surface area contributed by atoms with E-state index in [0.717, 1.165) is 6.92 Å². The minimum atomic E-state index is -1.83. The number of carbonyl (C=O) groups excluding carboxylic acids is 11. The SMILES string of the molecule is CC[C@H](C)[C@H](NC(=O)[C@H](C)N)C(=O)N[C@@H](CO)C(=O)N[C@H](C(=O)N[C@@H](CCCCN)C(=O)N[C@@H](Cc1ccc(O)cc1)C(=O)N[C@@H](Cc1ccccc1)C(=O)N[C@@H](CCC(N)=O)C(=O)N[C@@H](CCSC)C(=O)N[C@@H](CO)C(=O)N[C@@H](CC(C)C)C(=O)O)[C@@H](C)O. The van der Waals surface area contributed by atoms with Crippen LogP contribution >= 0.6 is 11.8 Å². The van der Waals surface area contributed by atoms with Crippen molar-refractivity contribution >= 4 is 82.7 Å². The highest BCUT2D eigenvalue weighted by atomic mass is 32.2. The molecule has 2 rings (SSSR count). The van der Waals surface area contributed by atoms with E-state index in [2.05, 4.69) is 53.2 Å². The third-order valence-corrected chi connectivity index (χ3v) is 14.9. The first-order valence-electron chi connectivity index (χ1n) is 29.7. The molecule has 2 aromatic carbocycles. The molecular formula is C59H93N13O17S. The van der Waals surface area contributed by atoms with E-state index >= 15 is 0 Å². The van der Waals surface area contributed by atoms with Crippen LogP contribution in [0.15, 0.2) is 54.6 Å². The number of aliphatic hydroxyl groups is 3. The van der Waals surface area contributed by atoms with Crippen LogP contribution in [0.1, 0.15) is 104 Å².